The van der Waals surface area contributed by atoms with Crippen molar-refractivity contribution in [3.63, 3.8) is 0 Å². The second kappa shape index (κ2) is 14.1. The summed E-state index contributed by atoms with van der Waals surface area (Å²) in [5.74, 6) is 0. The standard InChI is InChI=1S/C59H40N2/c1-5-20-41(21-6-1)42-36-38-47(39-37-42)61(46-27-11-4-12-28-46)55-40-43-22-13-14-29-48(43)56-49-30-15-17-32-51(49)59(58(55)56)52-33-18-16-31-50(52)57-53(59)34-19-35-54(57)60(44-23-7-2-8-24-44)45-25-9-3-10-26-45/h1-40H. The van der Waals surface area contributed by atoms with E-state index in [2.05, 4.69) is 252 Å². The van der Waals surface area contributed by atoms with Crippen molar-refractivity contribution in [2.24, 2.45) is 0 Å². The highest BCUT2D eigenvalue weighted by molar-refractivity contribution is 6.11. The van der Waals surface area contributed by atoms with Crippen molar-refractivity contribution in [3.05, 3.63) is 265 Å². The van der Waals surface area contributed by atoms with Crippen LogP contribution in [0.15, 0.2) is 243 Å². The second-order valence-corrected chi connectivity index (χ2v) is 16.0. The fourth-order valence-corrected chi connectivity index (χ4v) is 10.4. The number of anilines is 6. The van der Waals surface area contributed by atoms with E-state index < -0.39 is 5.41 Å². The molecule has 2 nitrogen and oxygen atoms in total. The molecule has 1 unspecified atom stereocenters. The first-order chi connectivity index (χ1) is 30.3. The minimum absolute atomic E-state index is 0.636. The third kappa shape index (κ3) is 5.29. The van der Waals surface area contributed by atoms with Crippen molar-refractivity contribution < 1.29 is 0 Å². The molecule has 0 aromatic heterocycles. The predicted molar refractivity (Wildman–Crippen MR) is 255 cm³/mol. The molecule has 0 N–H and O–H groups in total. The average Bonchev–Trinajstić information content (AvgIpc) is 3.82. The Labute approximate surface area is 356 Å². The van der Waals surface area contributed by atoms with E-state index in [0.717, 1.165) is 28.4 Å². The van der Waals surface area contributed by atoms with Crippen LogP contribution in [0.3, 0.4) is 0 Å². The molecule has 0 heterocycles. The lowest BCUT2D eigenvalue weighted by atomic mass is 9.69. The smallest absolute Gasteiger partial charge is 0.0747 e. The third-order valence-corrected chi connectivity index (χ3v) is 12.8. The molecule has 0 amide bonds. The van der Waals surface area contributed by atoms with E-state index in [1.807, 2.05) is 0 Å². The van der Waals surface area contributed by atoms with Crippen molar-refractivity contribution in [1.29, 1.82) is 0 Å². The van der Waals surface area contributed by atoms with Crippen LogP contribution in [0.5, 0.6) is 0 Å². The van der Waals surface area contributed by atoms with Crippen LogP contribution in [0.2, 0.25) is 0 Å². The Hall–Kier alpha value is -7.94. The van der Waals surface area contributed by atoms with Crippen molar-refractivity contribution in [2.75, 3.05) is 9.80 Å². The molecule has 0 fully saturated rings. The molecular weight excluding hydrogens is 737 g/mol. The highest BCUT2D eigenvalue weighted by Crippen LogP contribution is 2.68. The summed E-state index contributed by atoms with van der Waals surface area (Å²) in [6.07, 6.45) is 0. The molecule has 0 bridgehead atoms. The van der Waals surface area contributed by atoms with E-state index in [1.165, 1.54) is 72.1 Å². The predicted octanol–water partition coefficient (Wildman–Crippen LogP) is 15.8. The Morgan fingerprint density at radius 2 is 0.738 bits per heavy atom. The van der Waals surface area contributed by atoms with E-state index in [9.17, 15) is 0 Å². The average molecular weight is 777 g/mol. The van der Waals surface area contributed by atoms with Crippen molar-refractivity contribution in [1.82, 2.24) is 0 Å². The minimum Gasteiger partial charge on any atom is -0.310 e. The summed E-state index contributed by atoms with van der Waals surface area (Å²) in [5.41, 5.74) is 18.8. The maximum Gasteiger partial charge on any atom is 0.0747 e. The fourth-order valence-electron chi connectivity index (χ4n) is 10.4. The zero-order valence-electron chi connectivity index (χ0n) is 33.5. The number of benzene rings is 10. The highest BCUT2D eigenvalue weighted by Gasteiger charge is 2.54. The lowest BCUT2D eigenvalue weighted by Crippen LogP contribution is -2.28. The van der Waals surface area contributed by atoms with E-state index in [4.69, 9.17) is 0 Å². The van der Waals surface area contributed by atoms with Crippen LogP contribution in [-0.4, -0.2) is 0 Å². The van der Waals surface area contributed by atoms with Gasteiger partial charge in [0.2, 0.25) is 0 Å². The first-order valence-corrected chi connectivity index (χ1v) is 21.1. The summed E-state index contributed by atoms with van der Waals surface area (Å²) < 4.78 is 0. The largest absolute Gasteiger partial charge is 0.310 e. The molecular formula is C59H40N2. The Balaban J connectivity index is 1.20. The van der Waals surface area contributed by atoms with Crippen LogP contribution in [0.4, 0.5) is 34.1 Å². The number of nitrogens with zero attached hydrogens (tertiary/aromatic N) is 2. The van der Waals surface area contributed by atoms with Crippen molar-refractivity contribution in [2.45, 2.75) is 5.41 Å². The van der Waals surface area contributed by atoms with Crippen LogP contribution >= 0.6 is 0 Å². The Kier molecular flexibility index (Phi) is 8.11. The summed E-state index contributed by atoms with van der Waals surface area (Å²) in [4.78, 5) is 4.93. The van der Waals surface area contributed by atoms with Gasteiger partial charge in [0.15, 0.2) is 0 Å². The Bertz CT molecular complexity index is 3190. The molecule has 10 aromatic carbocycles. The summed E-state index contributed by atoms with van der Waals surface area (Å²) >= 11 is 0. The van der Waals surface area contributed by atoms with Gasteiger partial charge in [0, 0.05) is 33.9 Å². The molecule has 1 spiro atoms. The van der Waals surface area contributed by atoms with E-state index in [-0.39, 0.29) is 0 Å². The SMILES string of the molecule is c1ccc(-c2ccc(N(c3ccccc3)c3cc4ccccc4c4c3C3(c5ccccc5-c5c(N(c6ccccc6)c6ccccc6)cccc53)c3ccccc3-4)cc2)cc1. The van der Waals surface area contributed by atoms with Gasteiger partial charge in [-0.2, -0.15) is 0 Å². The number of hydrogen-bond donors (Lipinski definition) is 0. The summed E-state index contributed by atoms with van der Waals surface area (Å²) in [6.45, 7) is 0. The molecule has 10 aromatic rings. The van der Waals surface area contributed by atoms with Gasteiger partial charge in [-0.05, 0) is 116 Å². The van der Waals surface area contributed by atoms with Gasteiger partial charge in [0.05, 0.1) is 16.8 Å². The lowest BCUT2D eigenvalue weighted by Gasteiger charge is -2.36. The number of hydrogen-bond acceptors (Lipinski definition) is 2. The van der Waals surface area contributed by atoms with E-state index >= 15 is 0 Å². The second-order valence-electron chi connectivity index (χ2n) is 16.0. The third-order valence-electron chi connectivity index (χ3n) is 12.8. The van der Waals surface area contributed by atoms with Crippen LogP contribution in [0.25, 0.3) is 44.2 Å². The van der Waals surface area contributed by atoms with Crippen LogP contribution in [0, 0.1) is 0 Å². The van der Waals surface area contributed by atoms with E-state index in [0.29, 0.717) is 0 Å². The van der Waals surface area contributed by atoms with E-state index in [1.54, 1.807) is 0 Å². The fraction of sp³-hybridized carbons (Fsp3) is 0.0169. The molecule has 2 aliphatic carbocycles. The maximum atomic E-state index is 2.50. The van der Waals surface area contributed by atoms with Crippen LogP contribution < -0.4 is 9.80 Å². The number of rotatable bonds is 7. The van der Waals surface area contributed by atoms with Gasteiger partial charge < -0.3 is 9.80 Å². The van der Waals surface area contributed by atoms with Gasteiger partial charge in [-0.3, -0.25) is 0 Å². The minimum atomic E-state index is -0.636. The monoisotopic (exact) mass is 776 g/mol. The van der Waals surface area contributed by atoms with Crippen LogP contribution in [-0.2, 0) is 5.41 Å². The molecule has 2 heteroatoms. The Morgan fingerprint density at radius 3 is 1.34 bits per heavy atom. The van der Waals surface area contributed by atoms with Gasteiger partial charge in [-0.15, -0.1) is 0 Å². The molecule has 12 rings (SSSR count). The Morgan fingerprint density at radius 1 is 0.295 bits per heavy atom. The first-order valence-electron chi connectivity index (χ1n) is 21.1. The number of fused-ring (bicyclic) bond motifs is 12. The molecule has 1 atom stereocenters. The summed E-state index contributed by atoms with van der Waals surface area (Å²) in [7, 11) is 0. The topological polar surface area (TPSA) is 6.48 Å². The normalized spacial score (nSPS) is 14.3. The molecule has 2 aliphatic rings. The van der Waals surface area contributed by atoms with Gasteiger partial charge in [0.1, 0.15) is 0 Å². The van der Waals surface area contributed by atoms with Crippen LogP contribution in [0.1, 0.15) is 22.3 Å². The molecule has 61 heavy (non-hydrogen) atoms. The van der Waals surface area contributed by atoms with Gasteiger partial charge in [-0.1, -0.05) is 182 Å². The molecule has 0 aliphatic heterocycles. The molecule has 0 saturated heterocycles. The number of para-hydroxylation sites is 3. The summed E-state index contributed by atoms with van der Waals surface area (Å²) in [5, 5.41) is 2.47. The lowest BCUT2D eigenvalue weighted by molar-refractivity contribution is 0.793. The highest BCUT2D eigenvalue weighted by atomic mass is 15.2. The molecule has 286 valence electrons. The maximum absolute atomic E-state index is 2.50. The zero-order valence-corrected chi connectivity index (χ0v) is 33.5. The van der Waals surface area contributed by atoms with Crippen molar-refractivity contribution >= 4 is 44.9 Å². The van der Waals surface area contributed by atoms with Gasteiger partial charge in [-0.25, -0.2) is 0 Å². The van der Waals surface area contributed by atoms with Gasteiger partial charge in [0.25, 0.3) is 0 Å². The van der Waals surface area contributed by atoms with Crippen molar-refractivity contribution in [3.8, 4) is 33.4 Å². The molecule has 0 radical (unpaired) electrons. The molecule has 0 saturated carbocycles. The quantitative estimate of drug-likeness (QED) is 0.159. The van der Waals surface area contributed by atoms with Gasteiger partial charge >= 0.3 is 0 Å². The zero-order chi connectivity index (χ0) is 40.3. The summed E-state index contributed by atoms with van der Waals surface area (Å²) in [6, 6.07) is 89.0. The first kappa shape index (κ1) is 35.0.